The highest BCUT2D eigenvalue weighted by Crippen LogP contribution is 2.17. The van der Waals surface area contributed by atoms with E-state index in [4.69, 9.17) is 5.11 Å². The largest absolute Gasteiger partial charge is 0.478 e. The molecule has 0 saturated heterocycles. The number of hydrogen-bond donors (Lipinski definition) is 3. The molecule has 0 saturated carbocycles. The average Bonchev–Trinajstić information content (AvgIpc) is 2.39. The van der Waals surface area contributed by atoms with Gasteiger partial charge in [-0.1, -0.05) is 26.8 Å². The van der Waals surface area contributed by atoms with Crippen molar-refractivity contribution >= 4 is 23.5 Å². The van der Waals surface area contributed by atoms with E-state index in [0.717, 1.165) is 5.56 Å². The van der Waals surface area contributed by atoms with Gasteiger partial charge in [-0.15, -0.1) is 0 Å². The monoisotopic (exact) mass is 306 g/mol. The lowest BCUT2D eigenvalue weighted by atomic mass is 9.96. The first kappa shape index (κ1) is 17.7. The number of carboxylic acid groups (broad SMARTS) is 1. The second-order valence-corrected chi connectivity index (χ2v) is 6.14. The zero-order valence-corrected chi connectivity index (χ0v) is 13.3. The first-order valence-corrected chi connectivity index (χ1v) is 7.03. The van der Waals surface area contributed by atoms with Crippen molar-refractivity contribution in [3.05, 3.63) is 29.3 Å². The predicted molar refractivity (Wildman–Crippen MR) is 83.8 cm³/mol. The van der Waals surface area contributed by atoms with Crippen molar-refractivity contribution in [3.8, 4) is 0 Å². The smallest absolute Gasteiger partial charge is 0.335 e. The Morgan fingerprint density at radius 1 is 1.18 bits per heavy atom. The van der Waals surface area contributed by atoms with Crippen LogP contribution in [-0.4, -0.2) is 29.4 Å². The summed E-state index contributed by atoms with van der Waals surface area (Å²) in [6.45, 7) is 7.40. The Bertz CT molecular complexity index is 588. The van der Waals surface area contributed by atoms with Crippen molar-refractivity contribution in [1.82, 2.24) is 5.32 Å². The summed E-state index contributed by atoms with van der Waals surface area (Å²) in [6, 6.07) is 4.54. The zero-order chi connectivity index (χ0) is 16.9. The van der Waals surface area contributed by atoms with Gasteiger partial charge in [-0.2, -0.15) is 0 Å². The number of benzene rings is 1. The van der Waals surface area contributed by atoms with E-state index in [1.807, 2.05) is 0 Å². The predicted octanol–water partition coefficient (Wildman–Crippen LogP) is 2.18. The Kier molecular flexibility index (Phi) is 5.68. The summed E-state index contributed by atoms with van der Waals surface area (Å²) in [5.74, 6) is -1.45. The van der Waals surface area contributed by atoms with E-state index < -0.39 is 11.4 Å². The third-order valence-electron chi connectivity index (χ3n) is 3.08. The second kappa shape index (κ2) is 7.06. The number of aromatic carboxylic acids is 1. The molecule has 0 radical (unpaired) electrons. The van der Waals surface area contributed by atoms with Crippen LogP contribution in [-0.2, 0) is 9.59 Å². The van der Waals surface area contributed by atoms with Gasteiger partial charge in [-0.25, -0.2) is 4.79 Å². The molecule has 0 bridgehead atoms. The molecule has 120 valence electrons. The number of hydrogen-bond acceptors (Lipinski definition) is 3. The van der Waals surface area contributed by atoms with Gasteiger partial charge >= 0.3 is 5.97 Å². The minimum Gasteiger partial charge on any atom is -0.478 e. The van der Waals surface area contributed by atoms with Gasteiger partial charge in [0.2, 0.25) is 11.8 Å². The van der Waals surface area contributed by atoms with E-state index in [0.29, 0.717) is 5.69 Å². The van der Waals surface area contributed by atoms with E-state index >= 15 is 0 Å². The fourth-order valence-electron chi connectivity index (χ4n) is 1.66. The van der Waals surface area contributed by atoms with Crippen LogP contribution in [0, 0.1) is 12.3 Å². The summed E-state index contributed by atoms with van der Waals surface area (Å²) in [5.41, 5.74) is 0.856. The number of nitrogens with one attached hydrogen (secondary N) is 2. The summed E-state index contributed by atoms with van der Waals surface area (Å²) in [7, 11) is 0. The molecule has 6 heteroatoms. The Morgan fingerprint density at radius 3 is 2.36 bits per heavy atom. The minimum atomic E-state index is -1.05. The Morgan fingerprint density at radius 2 is 1.82 bits per heavy atom. The van der Waals surface area contributed by atoms with Gasteiger partial charge in [-0.3, -0.25) is 9.59 Å². The molecule has 1 aromatic rings. The van der Waals surface area contributed by atoms with Crippen LogP contribution in [0.4, 0.5) is 5.69 Å². The summed E-state index contributed by atoms with van der Waals surface area (Å²) in [6.07, 6.45) is 0.124. The number of carbonyl (C=O) groups is 3. The third-order valence-corrected chi connectivity index (χ3v) is 3.08. The molecular formula is C16H22N2O4. The molecule has 0 aliphatic heterocycles. The highest BCUT2D eigenvalue weighted by atomic mass is 16.4. The number of anilines is 1. The van der Waals surface area contributed by atoms with E-state index in [1.165, 1.54) is 12.1 Å². The number of carboxylic acids is 1. The fraction of sp³-hybridized carbons (Fsp3) is 0.438. The normalized spacial score (nSPS) is 10.9. The van der Waals surface area contributed by atoms with Crippen molar-refractivity contribution in [2.45, 2.75) is 34.1 Å². The van der Waals surface area contributed by atoms with Gasteiger partial charge < -0.3 is 15.7 Å². The number of aryl methyl sites for hydroxylation is 1. The molecule has 1 rings (SSSR count). The molecule has 6 nitrogen and oxygen atoms in total. The molecule has 0 aliphatic carbocycles. The second-order valence-electron chi connectivity index (χ2n) is 6.14. The van der Waals surface area contributed by atoms with Crippen molar-refractivity contribution in [1.29, 1.82) is 0 Å². The molecule has 3 N–H and O–H groups in total. The molecule has 1 aromatic carbocycles. The molecule has 0 atom stereocenters. The zero-order valence-electron chi connectivity index (χ0n) is 13.3. The van der Waals surface area contributed by atoms with E-state index in [2.05, 4.69) is 10.6 Å². The maximum Gasteiger partial charge on any atom is 0.335 e. The molecule has 0 unspecified atom stereocenters. The first-order valence-electron chi connectivity index (χ1n) is 7.03. The summed E-state index contributed by atoms with van der Waals surface area (Å²) in [4.78, 5) is 34.5. The molecule has 0 spiro atoms. The SMILES string of the molecule is Cc1ccc(C(=O)O)cc1NC(=O)CCNC(=O)C(C)(C)C. The van der Waals surface area contributed by atoms with Gasteiger partial charge in [-0.05, 0) is 24.6 Å². The average molecular weight is 306 g/mol. The van der Waals surface area contributed by atoms with Gasteiger partial charge in [0, 0.05) is 24.1 Å². The fourth-order valence-corrected chi connectivity index (χ4v) is 1.66. The van der Waals surface area contributed by atoms with E-state index in [1.54, 1.807) is 33.8 Å². The molecular weight excluding hydrogens is 284 g/mol. The van der Waals surface area contributed by atoms with Crippen LogP contribution >= 0.6 is 0 Å². The summed E-state index contributed by atoms with van der Waals surface area (Å²) in [5, 5.41) is 14.3. The standard InChI is InChI=1S/C16H22N2O4/c1-10-5-6-11(14(20)21)9-12(10)18-13(19)7-8-17-15(22)16(2,3)4/h5-6,9H,7-8H2,1-4H3,(H,17,22)(H,18,19)(H,20,21). The quantitative estimate of drug-likeness (QED) is 0.777. The minimum absolute atomic E-state index is 0.113. The van der Waals surface area contributed by atoms with Crippen LogP contribution < -0.4 is 10.6 Å². The lowest BCUT2D eigenvalue weighted by Gasteiger charge is -2.17. The van der Waals surface area contributed by atoms with Crippen LogP contribution in [0.1, 0.15) is 43.1 Å². The topological polar surface area (TPSA) is 95.5 Å². The lowest BCUT2D eigenvalue weighted by Crippen LogP contribution is -2.36. The maximum atomic E-state index is 11.9. The lowest BCUT2D eigenvalue weighted by molar-refractivity contribution is -0.128. The maximum absolute atomic E-state index is 11.9. The van der Waals surface area contributed by atoms with Crippen LogP contribution in [0.15, 0.2) is 18.2 Å². The van der Waals surface area contributed by atoms with Gasteiger partial charge in [0.25, 0.3) is 0 Å². The Hall–Kier alpha value is -2.37. The highest BCUT2D eigenvalue weighted by molar-refractivity contribution is 5.95. The van der Waals surface area contributed by atoms with Crippen molar-refractivity contribution < 1.29 is 19.5 Å². The number of amides is 2. The number of carbonyl (C=O) groups excluding carboxylic acids is 2. The van der Waals surface area contributed by atoms with Gasteiger partial charge in [0.1, 0.15) is 0 Å². The molecule has 0 fully saturated rings. The Balaban J connectivity index is 2.57. The first-order chi connectivity index (χ1) is 10.1. The van der Waals surface area contributed by atoms with Gasteiger partial charge in [0.05, 0.1) is 5.56 Å². The van der Waals surface area contributed by atoms with E-state index in [-0.39, 0.29) is 30.3 Å². The number of rotatable bonds is 5. The van der Waals surface area contributed by atoms with Crippen molar-refractivity contribution in [2.24, 2.45) is 5.41 Å². The van der Waals surface area contributed by atoms with Crippen LogP contribution in [0.3, 0.4) is 0 Å². The summed E-state index contributed by atoms with van der Waals surface area (Å²) >= 11 is 0. The molecule has 2 amide bonds. The molecule has 0 heterocycles. The molecule has 0 aromatic heterocycles. The third kappa shape index (κ3) is 5.20. The van der Waals surface area contributed by atoms with Crippen LogP contribution in [0.2, 0.25) is 0 Å². The molecule has 22 heavy (non-hydrogen) atoms. The Labute approximate surface area is 129 Å². The van der Waals surface area contributed by atoms with Gasteiger partial charge in [0.15, 0.2) is 0 Å². The molecule has 0 aliphatic rings. The van der Waals surface area contributed by atoms with Crippen molar-refractivity contribution in [2.75, 3.05) is 11.9 Å². The van der Waals surface area contributed by atoms with E-state index in [9.17, 15) is 14.4 Å². The summed E-state index contributed by atoms with van der Waals surface area (Å²) < 4.78 is 0. The van der Waals surface area contributed by atoms with Crippen LogP contribution in [0.5, 0.6) is 0 Å². The van der Waals surface area contributed by atoms with Crippen LogP contribution in [0.25, 0.3) is 0 Å². The highest BCUT2D eigenvalue weighted by Gasteiger charge is 2.20. The van der Waals surface area contributed by atoms with Crippen molar-refractivity contribution in [3.63, 3.8) is 0 Å².